The number of hydrogen-bond donors (Lipinski definition) is 1. The second kappa shape index (κ2) is 5.55. The van der Waals surface area contributed by atoms with E-state index in [1.54, 1.807) is 0 Å². The second-order valence-electron chi connectivity index (χ2n) is 4.37. The summed E-state index contributed by atoms with van der Waals surface area (Å²) >= 11 is 6.08. The van der Waals surface area contributed by atoms with Crippen LogP contribution in [0.4, 0.5) is 0 Å². The van der Waals surface area contributed by atoms with Gasteiger partial charge in [0, 0.05) is 5.92 Å². The summed E-state index contributed by atoms with van der Waals surface area (Å²) in [6, 6.07) is 7.64. The van der Waals surface area contributed by atoms with Crippen molar-refractivity contribution in [3.05, 3.63) is 29.3 Å². The molecule has 0 spiro atoms. The van der Waals surface area contributed by atoms with Gasteiger partial charge in [0.15, 0.2) is 0 Å². The molecule has 2 rings (SSSR count). The highest BCUT2D eigenvalue weighted by atomic mass is 35.5. The number of hydrogen-bond acceptors (Lipinski definition) is 2. The van der Waals surface area contributed by atoms with Crippen molar-refractivity contribution in [1.82, 2.24) is 0 Å². The van der Waals surface area contributed by atoms with Crippen LogP contribution in [-0.4, -0.2) is 12.6 Å². The molecule has 3 heteroatoms. The second-order valence-corrected chi connectivity index (χ2v) is 4.77. The lowest BCUT2D eigenvalue weighted by Gasteiger charge is -2.31. The maximum atomic E-state index is 6.08. The SMILES string of the molecule is NCC1CCCCC1Oc1ccccc1Cl. The monoisotopic (exact) mass is 239 g/mol. The van der Waals surface area contributed by atoms with Crippen LogP contribution in [0.2, 0.25) is 5.02 Å². The van der Waals surface area contributed by atoms with E-state index in [0.29, 0.717) is 17.5 Å². The molecule has 0 aromatic heterocycles. The summed E-state index contributed by atoms with van der Waals surface area (Å²) in [6.07, 6.45) is 4.99. The van der Waals surface area contributed by atoms with Crippen molar-refractivity contribution in [3.63, 3.8) is 0 Å². The Balaban J connectivity index is 2.05. The standard InChI is InChI=1S/C13H18ClNO/c14-11-6-2-4-8-13(11)16-12-7-3-1-5-10(12)9-15/h2,4,6,8,10,12H,1,3,5,7,9,15H2. The van der Waals surface area contributed by atoms with E-state index >= 15 is 0 Å². The lowest BCUT2D eigenvalue weighted by molar-refractivity contribution is 0.0971. The lowest BCUT2D eigenvalue weighted by Crippen LogP contribution is -2.35. The predicted molar refractivity (Wildman–Crippen MR) is 66.9 cm³/mol. The zero-order valence-corrected chi connectivity index (χ0v) is 10.1. The topological polar surface area (TPSA) is 35.2 Å². The summed E-state index contributed by atoms with van der Waals surface area (Å²) in [6.45, 7) is 0.703. The molecule has 88 valence electrons. The van der Waals surface area contributed by atoms with E-state index in [0.717, 1.165) is 12.2 Å². The number of benzene rings is 1. The van der Waals surface area contributed by atoms with Crippen LogP contribution >= 0.6 is 11.6 Å². The van der Waals surface area contributed by atoms with Gasteiger partial charge in [-0.05, 0) is 37.9 Å². The lowest BCUT2D eigenvalue weighted by atomic mass is 9.86. The number of nitrogens with two attached hydrogens (primary N) is 1. The van der Waals surface area contributed by atoms with Gasteiger partial charge in [-0.3, -0.25) is 0 Å². The highest BCUT2D eigenvalue weighted by Gasteiger charge is 2.25. The fraction of sp³-hybridized carbons (Fsp3) is 0.538. The van der Waals surface area contributed by atoms with Crippen molar-refractivity contribution in [2.45, 2.75) is 31.8 Å². The molecule has 1 aliphatic carbocycles. The van der Waals surface area contributed by atoms with Crippen LogP contribution in [0, 0.1) is 5.92 Å². The molecule has 0 radical (unpaired) electrons. The first-order valence-electron chi connectivity index (χ1n) is 5.92. The molecule has 1 fully saturated rings. The summed E-state index contributed by atoms with van der Waals surface area (Å²) in [4.78, 5) is 0. The molecule has 2 unspecified atom stereocenters. The predicted octanol–water partition coefficient (Wildman–Crippen LogP) is 3.24. The van der Waals surface area contributed by atoms with Crippen molar-refractivity contribution in [3.8, 4) is 5.75 Å². The average Bonchev–Trinajstić information content (AvgIpc) is 2.33. The smallest absolute Gasteiger partial charge is 0.138 e. The van der Waals surface area contributed by atoms with E-state index < -0.39 is 0 Å². The Morgan fingerprint density at radius 3 is 2.75 bits per heavy atom. The van der Waals surface area contributed by atoms with Crippen molar-refractivity contribution in [2.24, 2.45) is 11.7 Å². The van der Waals surface area contributed by atoms with Gasteiger partial charge in [-0.15, -0.1) is 0 Å². The molecule has 0 saturated heterocycles. The van der Waals surface area contributed by atoms with Crippen molar-refractivity contribution in [1.29, 1.82) is 0 Å². The number of para-hydroxylation sites is 1. The van der Waals surface area contributed by atoms with Crippen LogP contribution in [0.25, 0.3) is 0 Å². The Hall–Kier alpha value is -0.730. The molecule has 0 amide bonds. The van der Waals surface area contributed by atoms with Gasteiger partial charge in [0.2, 0.25) is 0 Å². The fourth-order valence-corrected chi connectivity index (χ4v) is 2.48. The largest absolute Gasteiger partial charge is 0.489 e. The third-order valence-electron chi connectivity index (χ3n) is 3.26. The zero-order chi connectivity index (χ0) is 11.4. The molecule has 1 aromatic carbocycles. The fourth-order valence-electron chi connectivity index (χ4n) is 2.30. The maximum Gasteiger partial charge on any atom is 0.138 e. The first-order valence-corrected chi connectivity index (χ1v) is 6.30. The molecular weight excluding hydrogens is 222 g/mol. The van der Waals surface area contributed by atoms with Crippen molar-refractivity contribution >= 4 is 11.6 Å². The third kappa shape index (κ3) is 2.69. The van der Waals surface area contributed by atoms with Gasteiger partial charge in [0.05, 0.1) is 5.02 Å². The van der Waals surface area contributed by atoms with E-state index in [1.807, 2.05) is 24.3 Å². The Bertz CT molecular complexity index is 342. The summed E-state index contributed by atoms with van der Waals surface area (Å²) < 4.78 is 5.98. The average molecular weight is 240 g/mol. The Labute approximate surface area is 102 Å². The molecule has 0 bridgehead atoms. The number of rotatable bonds is 3. The Morgan fingerprint density at radius 2 is 2.00 bits per heavy atom. The van der Waals surface area contributed by atoms with Crippen LogP contribution in [0.3, 0.4) is 0 Å². The minimum Gasteiger partial charge on any atom is -0.489 e. The van der Waals surface area contributed by atoms with Crippen molar-refractivity contribution in [2.75, 3.05) is 6.54 Å². The van der Waals surface area contributed by atoms with Gasteiger partial charge >= 0.3 is 0 Å². The molecule has 2 N–H and O–H groups in total. The van der Waals surface area contributed by atoms with Gasteiger partial charge in [-0.25, -0.2) is 0 Å². The number of halogens is 1. The molecule has 1 aromatic rings. The van der Waals surface area contributed by atoms with E-state index in [4.69, 9.17) is 22.1 Å². The van der Waals surface area contributed by atoms with Gasteiger partial charge in [0.1, 0.15) is 11.9 Å². The normalized spacial score (nSPS) is 25.4. The quantitative estimate of drug-likeness (QED) is 0.879. The van der Waals surface area contributed by atoms with E-state index in [1.165, 1.54) is 19.3 Å². The van der Waals surface area contributed by atoms with Crippen LogP contribution < -0.4 is 10.5 Å². The minimum atomic E-state index is 0.235. The van der Waals surface area contributed by atoms with Gasteiger partial charge in [-0.2, -0.15) is 0 Å². The molecule has 2 atom stereocenters. The summed E-state index contributed by atoms with van der Waals surface area (Å²) in [5, 5.41) is 0.684. The Kier molecular flexibility index (Phi) is 4.08. The molecule has 16 heavy (non-hydrogen) atoms. The molecule has 0 aliphatic heterocycles. The Morgan fingerprint density at radius 1 is 1.25 bits per heavy atom. The molecular formula is C13H18ClNO. The highest BCUT2D eigenvalue weighted by Crippen LogP contribution is 2.31. The summed E-state index contributed by atoms with van der Waals surface area (Å²) in [5.41, 5.74) is 5.77. The summed E-state index contributed by atoms with van der Waals surface area (Å²) in [5.74, 6) is 1.26. The first-order chi connectivity index (χ1) is 7.81. The first kappa shape index (κ1) is 11.7. The number of ether oxygens (including phenoxy) is 1. The van der Waals surface area contributed by atoms with Gasteiger partial charge in [0.25, 0.3) is 0 Å². The molecule has 0 heterocycles. The van der Waals surface area contributed by atoms with E-state index in [9.17, 15) is 0 Å². The van der Waals surface area contributed by atoms with Crippen molar-refractivity contribution < 1.29 is 4.74 Å². The van der Waals surface area contributed by atoms with Gasteiger partial charge < -0.3 is 10.5 Å². The summed E-state index contributed by atoms with van der Waals surface area (Å²) in [7, 11) is 0. The third-order valence-corrected chi connectivity index (χ3v) is 3.57. The highest BCUT2D eigenvalue weighted by molar-refractivity contribution is 6.32. The molecule has 1 saturated carbocycles. The van der Waals surface area contributed by atoms with E-state index in [-0.39, 0.29) is 6.10 Å². The molecule has 1 aliphatic rings. The van der Waals surface area contributed by atoms with E-state index in [2.05, 4.69) is 0 Å². The van der Waals surface area contributed by atoms with Gasteiger partial charge in [-0.1, -0.05) is 30.2 Å². The minimum absolute atomic E-state index is 0.235. The zero-order valence-electron chi connectivity index (χ0n) is 9.36. The maximum absolute atomic E-state index is 6.08. The van der Waals surface area contributed by atoms with Crippen LogP contribution in [0.1, 0.15) is 25.7 Å². The van der Waals surface area contributed by atoms with Crippen LogP contribution in [-0.2, 0) is 0 Å². The van der Waals surface area contributed by atoms with Crippen LogP contribution in [0.5, 0.6) is 5.75 Å². The van der Waals surface area contributed by atoms with Crippen LogP contribution in [0.15, 0.2) is 24.3 Å². The molecule has 2 nitrogen and oxygen atoms in total.